The summed E-state index contributed by atoms with van der Waals surface area (Å²) >= 11 is 0. The Morgan fingerprint density at radius 2 is 2.00 bits per heavy atom. The molecule has 0 spiro atoms. The minimum atomic E-state index is -0.396. The molecule has 2 aromatic rings. The first-order valence-electron chi connectivity index (χ1n) is 8.48. The zero-order valence-corrected chi connectivity index (χ0v) is 14.5. The molecule has 7 nitrogen and oxygen atoms in total. The fourth-order valence-electron chi connectivity index (χ4n) is 2.97. The molecule has 1 N–H and O–H groups in total. The fourth-order valence-corrected chi connectivity index (χ4v) is 2.97. The number of carbonyl (C=O) groups is 3. The van der Waals surface area contributed by atoms with Gasteiger partial charge < -0.3 is 19.5 Å². The van der Waals surface area contributed by atoms with Crippen LogP contribution in [0.25, 0.3) is 0 Å². The number of phenolic OH excluding ortho intramolecular Hbond substituents is 1. The molecule has 1 saturated heterocycles. The van der Waals surface area contributed by atoms with E-state index in [0.717, 1.165) is 0 Å². The molecule has 1 amide bonds. The Morgan fingerprint density at radius 1 is 1.19 bits per heavy atom. The summed E-state index contributed by atoms with van der Waals surface area (Å²) in [6.45, 7) is 1.10. The van der Waals surface area contributed by atoms with E-state index in [0.29, 0.717) is 36.9 Å². The Balaban J connectivity index is 1.78. The summed E-state index contributed by atoms with van der Waals surface area (Å²) in [4.78, 5) is 36.9. The Hall–Kier alpha value is -3.19. The summed E-state index contributed by atoms with van der Waals surface area (Å²) in [5.41, 5.74) is 0.702. The monoisotopic (exact) mass is 369 g/mol. The van der Waals surface area contributed by atoms with Gasteiger partial charge in [0.25, 0.3) is 5.91 Å². The van der Waals surface area contributed by atoms with E-state index in [-0.39, 0.29) is 36.2 Å². The van der Waals surface area contributed by atoms with Crippen LogP contribution in [-0.2, 0) is 4.74 Å². The van der Waals surface area contributed by atoms with Crippen molar-refractivity contribution in [1.29, 1.82) is 0 Å². The molecule has 1 aliphatic heterocycles. The van der Waals surface area contributed by atoms with E-state index in [1.54, 1.807) is 41.3 Å². The summed E-state index contributed by atoms with van der Waals surface area (Å²) in [5, 5.41) is 9.74. The van der Waals surface area contributed by atoms with Crippen LogP contribution in [0.2, 0.25) is 0 Å². The van der Waals surface area contributed by atoms with Crippen molar-refractivity contribution in [3.63, 3.8) is 0 Å². The van der Waals surface area contributed by atoms with Crippen LogP contribution in [0.4, 0.5) is 0 Å². The maximum absolute atomic E-state index is 12.9. The highest BCUT2D eigenvalue weighted by Crippen LogP contribution is 2.26. The zero-order chi connectivity index (χ0) is 19.2. The van der Waals surface area contributed by atoms with Crippen molar-refractivity contribution in [3.8, 4) is 11.5 Å². The molecule has 1 fully saturated rings. The normalized spacial score (nSPS) is 16.6. The number of aldehydes is 2. The highest BCUT2D eigenvalue weighted by atomic mass is 16.5. The molecule has 0 aromatic heterocycles. The lowest BCUT2D eigenvalue weighted by Crippen LogP contribution is -2.51. The molecule has 0 radical (unpaired) electrons. The molecule has 0 saturated carbocycles. The second-order valence-electron chi connectivity index (χ2n) is 6.05. The quantitative estimate of drug-likeness (QED) is 0.782. The molecular formula is C20H19NO6. The van der Waals surface area contributed by atoms with Crippen LogP contribution in [0.3, 0.4) is 0 Å². The molecule has 3 rings (SSSR count). The molecule has 1 unspecified atom stereocenters. The lowest BCUT2D eigenvalue weighted by Gasteiger charge is -2.35. The number of carbonyl (C=O) groups excluding carboxylic acids is 3. The molecule has 1 aliphatic rings. The Kier molecular flexibility index (Phi) is 5.83. The summed E-state index contributed by atoms with van der Waals surface area (Å²) < 4.78 is 11.1. The second-order valence-corrected chi connectivity index (χ2v) is 6.05. The van der Waals surface area contributed by atoms with Crippen LogP contribution in [0.15, 0.2) is 42.5 Å². The Bertz CT molecular complexity index is 850. The van der Waals surface area contributed by atoms with E-state index in [4.69, 9.17) is 9.47 Å². The zero-order valence-electron chi connectivity index (χ0n) is 14.5. The van der Waals surface area contributed by atoms with E-state index in [1.807, 2.05) is 0 Å². The maximum atomic E-state index is 12.9. The molecule has 27 heavy (non-hydrogen) atoms. The van der Waals surface area contributed by atoms with Gasteiger partial charge in [-0.25, -0.2) is 0 Å². The number of nitrogens with zero attached hydrogens (tertiary/aromatic N) is 1. The third-order valence-electron chi connectivity index (χ3n) is 4.40. The molecule has 2 aromatic carbocycles. The molecule has 140 valence electrons. The van der Waals surface area contributed by atoms with Crippen molar-refractivity contribution >= 4 is 18.5 Å². The van der Waals surface area contributed by atoms with Crippen LogP contribution in [0.1, 0.15) is 31.1 Å². The number of aromatic hydroxyl groups is 1. The van der Waals surface area contributed by atoms with Crippen molar-refractivity contribution in [2.45, 2.75) is 6.04 Å². The van der Waals surface area contributed by atoms with Gasteiger partial charge >= 0.3 is 0 Å². The Morgan fingerprint density at radius 3 is 2.78 bits per heavy atom. The van der Waals surface area contributed by atoms with Gasteiger partial charge in [0.2, 0.25) is 0 Å². The first kappa shape index (κ1) is 18.6. The van der Waals surface area contributed by atoms with Gasteiger partial charge in [0.05, 0.1) is 30.4 Å². The maximum Gasteiger partial charge on any atom is 0.255 e. The van der Waals surface area contributed by atoms with E-state index in [1.165, 1.54) is 6.07 Å². The average Bonchev–Trinajstić information content (AvgIpc) is 2.72. The van der Waals surface area contributed by atoms with Crippen molar-refractivity contribution in [2.75, 3.05) is 26.4 Å². The summed E-state index contributed by atoms with van der Waals surface area (Å²) in [6.07, 6.45) is 1.17. The van der Waals surface area contributed by atoms with Gasteiger partial charge in [-0.05, 0) is 18.2 Å². The molecule has 0 aliphatic carbocycles. The number of ether oxygens (including phenoxy) is 2. The van der Waals surface area contributed by atoms with Gasteiger partial charge in [0, 0.05) is 12.1 Å². The Labute approximate surface area is 156 Å². The van der Waals surface area contributed by atoms with Gasteiger partial charge in [-0.2, -0.15) is 0 Å². The third kappa shape index (κ3) is 3.98. The summed E-state index contributed by atoms with van der Waals surface area (Å²) in [6, 6.07) is 10.7. The number of phenols is 1. The molecule has 1 heterocycles. The van der Waals surface area contributed by atoms with Gasteiger partial charge in [-0.1, -0.05) is 24.3 Å². The number of hydrogen-bond acceptors (Lipinski definition) is 6. The van der Waals surface area contributed by atoms with E-state index in [9.17, 15) is 19.5 Å². The standard InChI is InChI=1S/C20H19NO6/c22-10-14-4-1-2-5-16(14)20(25)21-8-9-26-12-15(21)13-27-19-7-3-6-18(24)17(19)11-23/h1-7,10-11,15,24H,8-9,12-13H2. The number of morpholine rings is 1. The van der Waals surface area contributed by atoms with Crippen LogP contribution >= 0.6 is 0 Å². The SMILES string of the molecule is O=Cc1ccccc1C(=O)N1CCOCC1COc1cccc(O)c1C=O. The largest absolute Gasteiger partial charge is 0.507 e. The van der Waals surface area contributed by atoms with Crippen LogP contribution in [-0.4, -0.2) is 60.9 Å². The number of benzene rings is 2. The van der Waals surface area contributed by atoms with E-state index >= 15 is 0 Å². The first-order chi connectivity index (χ1) is 13.2. The van der Waals surface area contributed by atoms with Crippen molar-refractivity contribution in [3.05, 3.63) is 59.2 Å². The summed E-state index contributed by atoms with van der Waals surface area (Å²) in [7, 11) is 0. The van der Waals surface area contributed by atoms with Crippen LogP contribution in [0.5, 0.6) is 11.5 Å². The lowest BCUT2D eigenvalue weighted by molar-refractivity contribution is -0.0151. The number of amides is 1. The fraction of sp³-hybridized carbons (Fsp3) is 0.250. The van der Waals surface area contributed by atoms with Crippen molar-refractivity contribution < 1.29 is 29.0 Å². The predicted molar refractivity (Wildman–Crippen MR) is 96.5 cm³/mol. The van der Waals surface area contributed by atoms with Gasteiger partial charge in [-0.3, -0.25) is 14.4 Å². The average molecular weight is 369 g/mol. The highest BCUT2D eigenvalue weighted by Gasteiger charge is 2.30. The third-order valence-corrected chi connectivity index (χ3v) is 4.40. The van der Waals surface area contributed by atoms with Crippen LogP contribution in [0, 0.1) is 0 Å². The minimum absolute atomic E-state index is 0.0541. The van der Waals surface area contributed by atoms with Crippen LogP contribution < -0.4 is 4.74 Å². The summed E-state index contributed by atoms with van der Waals surface area (Å²) in [5.74, 6) is -0.215. The van der Waals surface area contributed by atoms with Gasteiger partial charge in [0.1, 0.15) is 18.1 Å². The first-order valence-corrected chi connectivity index (χ1v) is 8.48. The predicted octanol–water partition coefficient (Wildman–Crippen LogP) is 1.94. The number of hydrogen-bond donors (Lipinski definition) is 1. The van der Waals surface area contributed by atoms with E-state index in [2.05, 4.69) is 0 Å². The molecule has 7 heteroatoms. The molecule has 1 atom stereocenters. The molecule has 0 bridgehead atoms. The number of rotatable bonds is 6. The lowest BCUT2D eigenvalue weighted by atomic mass is 10.1. The van der Waals surface area contributed by atoms with E-state index < -0.39 is 6.04 Å². The second kappa shape index (κ2) is 8.46. The topological polar surface area (TPSA) is 93.1 Å². The smallest absolute Gasteiger partial charge is 0.255 e. The van der Waals surface area contributed by atoms with Gasteiger partial charge in [0.15, 0.2) is 12.6 Å². The van der Waals surface area contributed by atoms with Crippen molar-refractivity contribution in [1.82, 2.24) is 4.90 Å². The molecular weight excluding hydrogens is 350 g/mol. The van der Waals surface area contributed by atoms with Gasteiger partial charge in [-0.15, -0.1) is 0 Å². The highest BCUT2D eigenvalue weighted by molar-refractivity contribution is 6.01. The minimum Gasteiger partial charge on any atom is -0.507 e. The van der Waals surface area contributed by atoms with Crippen molar-refractivity contribution in [2.24, 2.45) is 0 Å².